The maximum atomic E-state index is 2.50. The summed E-state index contributed by atoms with van der Waals surface area (Å²) < 4.78 is 0. The SMILES string of the molecule is CC/C(=C\C1C(C)C1(C)C)c1ccccc1. The molecule has 0 aliphatic heterocycles. The lowest BCUT2D eigenvalue weighted by Gasteiger charge is -2.05. The smallest absolute Gasteiger partial charge is 0.0142 e. The van der Waals surface area contributed by atoms with Gasteiger partial charge in [0.25, 0.3) is 0 Å². The Morgan fingerprint density at radius 1 is 1.25 bits per heavy atom. The van der Waals surface area contributed by atoms with Crippen molar-refractivity contribution in [1.82, 2.24) is 0 Å². The van der Waals surface area contributed by atoms with Crippen molar-refractivity contribution in [2.24, 2.45) is 17.3 Å². The molecule has 1 aromatic rings. The molecule has 0 nitrogen and oxygen atoms in total. The second-order valence-electron chi connectivity index (χ2n) is 5.55. The fraction of sp³-hybridized carbons (Fsp3) is 0.500. The summed E-state index contributed by atoms with van der Waals surface area (Å²) in [6.07, 6.45) is 3.63. The first-order valence-electron chi connectivity index (χ1n) is 6.33. The van der Waals surface area contributed by atoms with Crippen molar-refractivity contribution < 1.29 is 0 Å². The zero-order chi connectivity index (χ0) is 11.8. The van der Waals surface area contributed by atoms with Crippen LogP contribution in [0.2, 0.25) is 0 Å². The van der Waals surface area contributed by atoms with Crippen LogP contribution in [0.1, 0.15) is 39.7 Å². The number of hydrogen-bond acceptors (Lipinski definition) is 0. The van der Waals surface area contributed by atoms with Crippen LogP contribution >= 0.6 is 0 Å². The summed E-state index contributed by atoms with van der Waals surface area (Å²) in [5, 5.41) is 0. The highest BCUT2D eigenvalue weighted by molar-refractivity contribution is 5.66. The van der Waals surface area contributed by atoms with E-state index in [1.807, 2.05) is 0 Å². The van der Waals surface area contributed by atoms with Crippen LogP contribution in [0.15, 0.2) is 36.4 Å². The van der Waals surface area contributed by atoms with Gasteiger partial charge in [-0.1, -0.05) is 64.1 Å². The molecule has 2 unspecified atom stereocenters. The number of allylic oxidation sites excluding steroid dienone is 2. The molecule has 1 saturated carbocycles. The van der Waals surface area contributed by atoms with Crippen LogP contribution in [0.4, 0.5) is 0 Å². The average molecular weight is 214 g/mol. The molecule has 1 aliphatic rings. The van der Waals surface area contributed by atoms with Crippen LogP contribution < -0.4 is 0 Å². The maximum Gasteiger partial charge on any atom is -0.0142 e. The van der Waals surface area contributed by atoms with E-state index < -0.39 is 0 Å². The monoisotopic (exact) mass is 214 g/mol. The third-order valence-electron chi connectivity index (χ3n) is 4.37. The molecule has 0 amide bonds. The Bertz CT molecular complexity index is 384. The van der Waals surface area contributed by atoms with Gasteiger partial charge in [-0.15, -0.1) is 0 Å². The number of hydrogen-bond donors (Lipinski definition) is 0. The van der Waals surface area contributed by atoms with Gasteiger partial charge in [-0.3, -0.25) is 0 Å². The van der Waals surface area contributed by atoms with Gasteiger partial charge in [0.2, 0.25) is 0 Å². The Kier molecular flexibility index (Phi) is 2.92. The van der Waals surface area contributed by atoms with E-state index in [1.54, 1.807) is 0 Å². The predicted molar refractivity (Wildman–Crippen MR) is 71.1 cm³/mol. The molecule has 1 aromatic carbocycles. The lowest BCUT2D eigenvalue weighted by Crippen LogP contribution is -1.89. The molecule has 0 N–H and O–H groups in total. The summed E-state index contributed by atoms with van der Waals surface area (Å²) >= 11 is 0. The van der Waals surface area contributed by atoms with Crippen molar-refractivity contribution in [3.05, 3.63) is 42.0 Å². The van der Waals surface area contributed by atoms with E-state index in [2.05, 4.69) is 64.1 Å². The van der Waals surface area contributed by atoms with Crippen LogP contribution in [-0.2, 0) is 0 Å². The molecular weight excluding hydrogens is 192 g/mol. The average Bonchev–Trinajstić information content (AvgIpc) is 2.76. The fourth-order valence-electron chi connectivity index (χ4n) is 2.59. The van der Waals surface area contributed by atoms with E-state index >= 15 is 0 Å². The van der Waals surface area contributed by atoms with Gasteiger partial charge >= 0.3 is 0 Å². The summed E-state index contributed by atoms with van der Waals surface area (Å²) in [7, 11) is 0. The second kappa shape index (κ2) is 4.08. The molecule has 0 bridgehead atoms. The highest BCUT2D eigenvalue weighted by Crippen LogP contribution is 2.59. The Balaban J connectivity index is 2.22. The minimum atomic E-state index is 0.509. The van der Waals surface area contributed by atoms with Crippen LogP contribution in [0, 0.1) is 17.3 Å². The molecule has 1 fully saturated rings. The molecule has 86 valence electrons. The maximum absolute atomic E-state index is 2.50. The summed E-state index contributed by atoms with van der Waals surface area (Å²) in [4.78, 5) is 0. The van der Waals surface area contributed by atoms with Crippen molar-refractivity contribution in [3.63, 3.8) is 0 Å². The third-order valence-corrected chi connectivity index (χ3v) is 4.37. The van der Waals surface area contributed by atoms with E-state index in [-0.39, 0.29) is 0 Å². The molecule has 0 radical (unpaired) electrons. The van der Waals surface area contributed by atoms with Gasteiger partial charge < -0.3 is 0 Å². The molecular formula is C16H22. The Labute approximate surface area is 99.4 Å². The largest absolute Gasteiger partial charge is 0.0768 e. The highest BCUT2D eigenvalue weighted by Gasteiger charge is 2.52. The molecule has 0 aromatic heterocycles. The van der Waals surface area contributed by atoms with Gasteiger partial charge in [0, 0.05) is 0 Å². The summed E-state index contributed by atoms with van der Waals surface area (Å²) in [5.41, 5.74) is 3.40. The highest BCUT2D eigenvalue weighted by atomic mass is 14.6. The lowest BCUT2D eigenvalue weighted by molar-refractivity contribution is 0.570. The fourth-order valence-corrected chi connectivity index (χ4v) is 2.59. The first kappa shape index (κ1) is 11.4. The van der Waals surface area contributed by atoms with Crippen molar-refractivity contribution >= 4 is 5.57 Å². The summed E-state index contributed by atoms with van der Waals surface area (Å²) in [6.45, 7) is 9.35. The Hall–Kier alpha value is -1.04. The van der Waals surface area contributed by atoms with Gasteiger partial charge in [0.05, 0.1) is 0 Å². The number of rotatable bonds is 3. The molecule has 0 spiro atoms. The van der Waals surface area contributed by atoms with Gasteiger partial charge in [-0.05, 0) is 34.8 Å². The van der Waals surface area contributed by atoms with Crippen LogP contribution in [-0.4, -0.2) is 0 Å². The van der Waals surface area contributed by atoms with Crippen LogP contribution in [0.3, 0.4) is 0 Å². The van der Waals surface area contributed by atoms with Crippen molar-refractivity contribution in [1.29, 1.82) is 0 Å². The molecule has 0 heteroatoms. The van der Waals surface area contributed by atoms with E-state index in [1.165, 1.54) is 11.1 Å². The molecule has 16 heavy (non-hydrogen) atoms. The molecule has 1 aliphatic carbocycles. The molecule has 2 rings (SSSR count). The Morgan fingerprint density at radius 2 is 1.81 bits per heavy atom. The van der Waals surface area contributed by atoms with Crippen molar-refractivity contribution in [3.8, 4) is 0 Å². The van der Waals surface area contributed by atoms with Gasteiger partial charge in [-0.2, -0.15) is 0 Å². The standard InChI is InChI=1S/C16H22/c1-5-13(14-9-7-6-8-10-14)11-15-12(2)16(15,3)4/h6-12,15H,5H2,1-4H3/b13-11+. The summed E-state index contributed by atoms with van der Waals surface area (Å²) in [5.74, 6) is 1.60. The van der Waals surface area contributed by atoms with Crippen molar-refractivity contribution in [2.75, 3.05) is 0 Å². The lowest BCUT2D eigenvalue weighted by atomic mass is 10.00. The van der Waals surface area contributed by atoms with Gasteiger partial charge in [-0.25, -0.2) is 0 Å². The zero-order valence-electron chi connectivity index (χ0n) is 10.8. The molecule has 0 saturated heterocycles. The van der Waals surface area contributed by atoms with Crippen molar-refractivity contribution in [2.45, 2.75) is 34.1 Å². The van der Waals surface area contributed by atoms with E-state index in [0.29, 0.717) is 5.41 Å². The minimum absolute atomic E-state index is 0.509. The van der Waals surface area contributed by atoms with E-state index in [4.69, 9.17) is 0 Å². The topological polar surface area (TPSA) is 0 Å². The molecule has 2 atom stereocenters. The number of benzene rings is 1. The first-order chi connectivity index (χ1) is 7.57. The van der Waals surface area contributed by atoms with Crippen LogP contribution in [0.25, 0.3) is 5.57 Å². The van der Waals surface area contributed by atoms with Gasteiger partial charge in [0.15, 0.2) is 0 Å². The Morgan fingerprint density at radius 3 is 2.25 bits per heavy atom. The van der Waals surface area contributed by atoms with E-state index in [9.17, 15) is 0 Å². The van der Waals surface area contributed by atoms with Crippen LogP contribution in [0.5, 0.6) is 0 Å². The van der Waals surface area contributed by atoms with Gasteiger partial charge in [0.1, 0.15) is 0 Å². The predicted octanol–water partition coefficient (Wildman–Crippen LogP) is 4.77. The minimum Gasteiger partial charge on any atom is -0.0768 e. The normalized spacial score (nSPS) is 27.9. The quantitative estimate of drug-likeness (QED) is 0.679. The zero-order valence-corrected chi connectivity index (χ0v) is 10.8. The van der Waals surface area contributed by atoms with E-state index in [0.717, 1.165) is 18.3 Å². The first-order valence-corrected chi connectivity index (χ1v) is 6.33. The summed E-state index contributed by atoms with van der Waals surface area (Å²) in [6, 6.07) is 10.8. The second-order valence-corrected chi connectivity index (χ2v) is 5.55. The third kappa shape index (κ3) is 1.93. The molecule has 0 heterocycles.